The number of nitrogens with zero attached hydrogens (tertiary/aromatic N) is 4. The number of alkyl halides is 3. The molecule has 12 heteroatoms. The fourth-order valence-electron chi connectivity index (χ4n) is 3.57. The second-order valence-electron chi connectivity index (χ2n) is 7.31. The zero-order valence-electron chi connectivity index (χ0n) is 16.5. The van der Waals surface area contributed by atoms with Gasteiger partial charge in [-0.1, -0.05) is 6.07 Å². The number of halogens is 4. The number of hydrogen-bond acceptors (Lipinski definition) is 7. The highest BCUT2D eigenvalue weighted by atomic mass is 32.1. The minimum Gasteiger partial charge on any atom is -0.475 e. The van der Waals surface area contributed by atoms with E-state index in [-0.39, 0.29) is 5.60 Å². The van der Waals surface area contributed by atoms with E-state index in [0.717, 1.165) is 52.2 Å². The Labute approximate surface area is 180 Å². The Bertz CT molecular complexity index is 841. The van der Waals surface area contributed by atoms with Gasteiger partial charge in [-0.15, -0.1) is 11.3 Å². The molecule has 0 bridgehead atoms. The number of carboxylic acid groups (broad SMARTS) is 1. The van der Waals surface area contributed by atoms with E-state index in [1.54, 1.807) is 0 Å². The van der Waals surface area contributed by atoms with Gasteiger partial charge in [0.05, 0.1) is 24.6 Å². The molecule has 0 unspecified atom stereocenters. The maximum Gasteiger partial charge on any atom is 0.490 e. The normalized spacial score (nSPS) is 19.0. The number of anilines is 1. The quantitative estimate of drug-likeness (QED) is 0.702. The average molecular weight is 462 g/mol. The van der Waals surface area contributed by atoms with Crippen molar-refractivity contribution in [2.75, 3.05) is 37.7 Å². The van der Waals surface area contributed by atoms with Crippen LogP contribution in [0, 0.1) is 5.82 Å². The number of morpholine rings is 1. The van der Waals surface area contributed by atoms with Crippen LogP contribution in [0.25, 0.3) is 0 Å². The Morgan fingerprint density at radius 3 is 2.42 bits per heavy atom. The average Bonchev–Trinajstić information content (AvgIpc) is 3.22. The molecule has 1 N–H and O–H groups in total. The van der Waals surface area contributed by atoms with Crippen LogP contribution >= 0.6 is 11.3 Å². The molecular formula is C19H22F4N4O3S. The fourth-order valence-corrected chi connectivity index (χ4v) is 4.31. The third kappa shape index (κ3) is 6.58. The molecule has 2 aromatic rings. The number of hydrogen-bond donors (Lipinski definition) is 1. The fraction of sp³-hybridized carbons (Fsp3) is 0.526. The highest BCUT2D eigenvalue weighted by Gasteiger charge is 2.40. The number of carbonyl (C=O) groups is 1. The zero-order valence-corrected chi connectivity index (χ0v) is 17.3. The van der Waals surface area contributed by atoms with Crippen LogP contribution in [0.5, 0.6) is 0 Å². The number of rotatable bonds is 3. The molecule has 0 radical (unpaired) electrons. The van der Waals surface area contributed by atoms with E-state index in [1.165, 1.54) is 17.3 Å². The molecule has 4 heterocycles. The van der Waals surface area contributed by atoms with Crippen molar-refractivity contribution in [3.63, 3.8) is 0 Å². The summed E-state index contributed by atoms with van der Waals surface area (Å²) >= 11 is 1.81. The number of carboxylic acids is 1. The first-order valence-corrected chi connectivity index (χ1v) is 10.5. The van der Waals surface area contributed by atoms with E-state index in [2.05, 4.69) is 37.3 Å². The molecule has 170 valence electrons. The molecule has 0 aliphatic carbocycles. The minimum absolute atomic E-state index is 0.0635. The smallest absolute Gasteiger partial charge is 0.475 e. The predicted octanol–water partition coefficient (Wildman–Crippen LogP) is 3.18. The first-order chi connectivity index (χ1) is 14.7. The number of ether oxygens (including phenoxy) is 1. The van der Waals surface area contributed by atoms with Gasteiger partial charge in [-0.25, -0.2) is 19.2 Å². The molecule has 2 aromatic heterocycles. The molecule has 2 fully saturated rings. The Hall–Kier alpha value is -2.31. The Balaban J connectivity index is 0.000000339. The van der Waals surface area contributed by atoms with Crippen molar-refractivity contribution < 1.29 is 32.2 Å². The predicted molar refractivity (Wildman–Crippen MR) is 105 cm³/mol. The van der Waals surface area contributed by atoms with Crippen LogP contribution in [0.1, 0.15) is 17.7 Å². The number of thiophene rings is 1. The van der Waals surface area contributed by atoms with Crippen LogP contribution in [0.4, 0.5) is 23.5 Å². The van der Waals surface area contributed by atoms with Crippen LogP contribution in [0.2, 0.25) is 0 Å². The van der Waals surface area contributed by atoms with Crippen molar-refractivity contribution >= 4 is 23.3 Å². The van der Waals surface area contributed by atoms with Gasteiger partial charge in [-0.05, 0) is 24.3 Å². The van der Waals surface area contributed by atoms with Gasteiger partial charge in [0.2, 0.25) is 5.95 Å². The van der Waals surface area contributed by atoms with Crippen LogP contribution in [-0.2, 0) is 16.1 Å². The highest BCUT2D eigenvalue weighted by molar-refractivity contribution is 7.09. The number of aromatic nitrogens is 2. The van der Waals surface area contributed by atoms with Gasteiger partial charge in [-0.3, -0.25) is 4.90 Å². The van der Waals surface area contributed by atoms with Gasteiger partial charge in [-0.2, -0.15) is 13.2 Å². The van der Waals surface area contributed by atoms with Crippen molar-refractivity contribution in [1.82, 2.24) is 14.9 Å². The topological polar surface area (TPSA) is 78.8 Å². The maximum atomic E-state index is 13.0. The third-order valence-corrected chi connectivity index (χ3v) is 5.95. The largest absolute Gasteiger partial charge is 0.490 e. The number of aliphatic carboxylic acids is 1. The lowest BCUT2D eigenvalue weighted by Crippen LogP contribution is -2.56. The van der Waals surface area contributed by atoms with Crippen molar-refractivity contribution in [3.05, 3.63) is 40.6 Å². The standard InChI is InChI=1S/C17H21FN4OS.C2HF3O2/c18-14-10-19-16(20-11-14)22-5-3-17(4-6-22)13-21(7-8-23-17)12-15-2-1-9-24-15;3-2(4,5)1(6)7/h1-2,9-11H,3-8,12-13H2;(H,6,7). The Morgan fingerprint density at radius 1 is 1.23 bits per heavy atom. The van der Waals surface area contributed by atoms with Crippen molar-refractivity contribution in [2.24, 2.45) is 0 Å². The van der Waals surface area contributed by atoms with Crippen LogP contribution in [0.3, 0.4) is 0 Å². The second kappa shape index (κ2) is 9.88. The molecular weight excluding hydrogens is 440 g/mol. The Morgan fingerprint density at radius 2 is 1.87 bits per heavy atom. The van der Waals surface area contributed by atoms with E-state index in [4.69, 9.17) is 14.6 Å². The van der Waals surface area contributed by atoms with Crippen molar-refractivity contribution in [2.45, 2.75) is 31.2 Å². The highest BCUT2D eigenvalue weighted by Crippen LogP contribution is 2.32. The molecule has 2 aliphatic heterocycles. The van der Waals surface area contributed by atoms with Gasteiger partial charge in [0.15, 0.2) is 5.82 Å². The molecule has 2 aliphatic rings. The summed E-state index contributed by atoms with van der Waals surface area (Å²) in [6.45, 7) is 5.45. The van der Waals surface area contributed by atoms with E-state index in [1.807, 2.05) is 11.3 Å². The zero-order chi connectivity index (χ0) is 22.5. The van der Waals surface area contributed by atoms with E-state index >= 15 is 0 Å². The summed E-state index contributed by atoms with van der Waals surface area (Å²) in [4.78, 5) is 23.1. The summed E-state index contributed by atoms with van der Waals surface area (Å²) in [6.07, 6.45) is -0.720. The van der Waals surface area contributed by atoms with E-state index < -0.39 is 18.0 Å². The lowest BCUT2D eigenvalue weighted by molar-refractivity contribution is -0.192. The molecule has 1 spiro atoms. The molecule has 7 nitrogen and oxygen atoms in total. The van der Waals surface area contributed by atoms with Crippen molar-refractivity contribution in [1.29, 1.82) is 0 Å². The van der Waals surface area contributed by atoms with Gasteiger partial charge in [0.25, 0.3) is 0 Å². The van der Waals surface area contributed by atoms with Gasteiger partial charge in [0, 0.05) is 37.6 Å². The molecule has 0 aromatic carbocycles. The summed E-state index contributed by atoms with van der Waals surface area (Å²) in [6, 6.07) is 4.30. The molecule has 0 saturated carbocycles. The van der Waals surface area contributed by atoms with Gasteiger partial charge < -0.3 is 14.7 Å². The summed E-state index contributed by atoms with van der Waals surface area (Å²) < 4.78 is 50.9. The SMILES string of the molecule is Fc1cnc(N2CCC3(CC2)CN(Cc2cccs2)CCO3)nc1.O=C(O)C(F)(F)F. The van der Waals surface area contributed by atoms with E-state index in [0.29, 0.717) is 5.95 Å². The molecule has 31 heavy (non-hydrogen) atoms. The lowest BCUT2D eigenvalue weighted by atomic mass is 9.89. The van der Waals surface area contributed by atoms with E-state index in [9.17, 15) is 17.6 Å². The number of piperidine rings is 1. The minimum atomic E-state index is -5.08. The summed E-state index contributed by atoms with van der Waals surface area (Å²) in [5.74, 6) is -2.54. The summed E-state index contributed by atoms with van der Waals surface area (Å²) in [5, 5.41) is 9.26. The molecule has 4 rings (SSSR count). The molecule has 0 amide bonds. The maximum absolute atomic E-state index is 13.0. The summed E-state index contributed by atoms with van der Waals surface area (Å²) in [5.41, 5.74) is -0.0635. The third-order valence-electron chi connectivity index (χ3n) is 5.09. The molecule has 2 saturated heterocycles. The second-order valence-corrected chi connectivity index (χ2v) is 8.34. The Kier molecular flexibility index (Phi) is 7.44. The first kappa shape index (κ1) is 23.4. The molecule has 0 atom stereocenters. The van der Waals surface area contributed by atoms with Crippen LogP contribution in [-0.4, -0.2) is 70.5 Å². The first-order valence-electron chi connectivity index (χ1n) is 9.58. The monoisotopic (exact) mass is 462 g/mol. The van der Waals surface area contributed by atoms with Gasteiger partial charge >= 0.3 is 12.1 Å². The summed E-state index contributed by atoms with van der Waals surface area (Å²) in [7, 11) is 0. The van der Waals surface area contributed by atoms with Gasteiger partial charge in [0.1, 0.15) is 0 Å². The lowest BCUT2D eigenvalue weighted by Gasteiger charge is -2.47. The van der Waals surface area contributed by atoms with Crippen LogP contribution in [0.15, 0.2) is 29.9 Å². The van der Waals surface area contributed by atoms with Crippen molar-refractivity contribution in [3.8, 4) is 0 Å². The van der Waals surface area contributed by atoms with Crippen LogP contribution < -0.4 is 4.90 Å².